The zero-order valence-electron chi connectivity index (χ0n) is 15.6. The van der Waals surface area contributed by atoms with E-state index in [1.165, 1.54) is 0 Å². The van der Waals surface area contributed by atoms with Gasteiger partial charge in [0, 0.05) is 25.1 Å². The third-order valence-corrected chi connectivity index (χ3v) is 4.53. The predicted molar refractivity (Wildman–Crippen MR) is 99.5 cm³/mol. The number of benzene rings is 1. The lowest BCUT2D eigenvalue weighted by atomic mass is 10.2. The van der Waals surface area contributed by atoms with Crippen molar-refractivity contribution >= 4 is 17.3 Å². The number of amides is 1. The molecule has 0 spiro atoms. The second-order valence-corrected chi connectivity index (χ2v) is 6.55. The first-order valence-corrected chi connectivity index (χ1v) is 9.19. The van der Waals surface area contributed by atoms with Gasteiger partial charge in [0.2, 0.25) is 11.8 Å². The van der Waals surface area contributed by atoms with Crippen LogP contribution in [0.4, 0.5) is 11.4 Å². The fourth-order valence-corrected chi connectivity index (χ4v) is 3.09. The minimum atomic E-state index is -0.131. The number of ether oxygens (including phenoxy) is 1. The average Bonchev–Trinajstić information content (AvgIpc) is 3.29. The lowest BCUT2D eigenvalue weighted by molar-refractivity contribution is -0.117. The summed E-state index contributed by atoms with van der Waals surface area (Å²) in [5, 5.41) is 7.40. The molecule has 140 valence electrons. The maximum Gasteiger partial charge on any atom is 0.248 e. The molecule has 0 radical (unpaired) electrons. The summed E-state index contributed by atoms with van der Waals surface area (Å²) < 4.78 is 10.8. The molecule has 1 unspecified atom stereocenters. The number of methoxy groups -OCH3 is 1. The van der Waals surface area contributed by atoms with Crippen molar-refractivity contribution in [1.82, 2.24) is 10.1 Å². The number of hydrogen-bond donors (Lipinski definition) is 1. The number of carbonyl (C=O) groups excluding carboxylic acids is 1. The molecular formula is C19H26N4O3. The highest BCUT2D eigenvalue weighted by Gasteiger charge is 2.25. The maximum absolute atomic E-state index is 12.1. The van der Waals surface area contributed by atoms with Crippen molar-refractivity contribution in [3.63, 3.8) is 0 Å². The summed E-state index contributed by atoms with van der Waals surface area (Å²) in [6.07, 6.45) is 4.43. The molecule has 0 saturated carbocycles. The van der Waals surface area contributed by atoms with Crippen LogP contribution in [0.1, 0.15) is 57.3 Å². The molecule has 2 heterocycles. The van der Waals surface area contributed by atoms with Crippen LogP contribution in [0.3, 0.4) is 0 Å². The first kappa shape index (κ1) is 18.2. The van der Waals surface area contributed by atoms with Crippen molar-refractivity contribution in [2.45, 2.75) is 52.0 Å². The van der Waals surface area contributed by atoms with Gasteiger partial charge >= 0.3 is 0 Å². The quantitative estimate of drug-likeness (QED) is 0.774. The minimum Gasteiger partial charge on any atom is -0.495 e. The summed E-state index contributed by atoms with van der Waals surface area (Å²) in [6.45, 7) is 4.83. The molecule has 1 fully saturated rings. The van der Waals surface area contributed by atoms with Crippen molar-refractivity contribution < 1.29 is 14.1 Å². The second-order valence-electron chi connectivity index (χ2n) is 6.55. The predicted octanol–water partition coefficient (Wildman–Crippen LogP) is 3.72. The number of anilines is 2. The number of unbranched alkanes of at least 4 members (excludes halogenated alkanes) is 1. The molecular weight excluding hydrogens is 332 g/mol. The van der Waals surface area contributed by atoms with E-state index in [0.29, 0.717) is 18.1 Å². The normalized spacial score (nSPS) is 15.3. The smallest absolute Gasteiger partial charge is 0.248 e. The van der Waals surface area contributed by atoms with Crippen LogP contribution in [0.15, 0.2) is 22.7 Å². The van der Waals surface area contributed by atoms with Gasteiger partial charge in [0.25, 0.3) is 0 Å². The molecule has 7 nitrogen and oxygen atoms in total. The number of aromatic nitrogens is 2. The van der Waals surface area contributed by atoms with E-state index in [0.717, 1.165) is 49.4 Å². The van der Waals surface area contributed by atoms with Crippen LogP contribution < -0.4 is 15.0 Å². The number of carbonyl (C=O) groups is 1. The zero-order chi connectivity index (χ0) is 18.5. The lowest BCUT2D eigenvalue weighted by Gasteiger charge is -2.21. The van der Waals surface area contributed by atoms with E-state index >= 15 is 0 Å². The Balaban J connectivity index is 1.74. The molecule has 1 aliphatic rings. The van der Waals surface area contributed by atoms with Crippen molar-refractivity contribution in [2.24, 2.45) is 0 Å². The van der Waals surface area contributed by atoms with E-state index in [1.807, 2.05) is 25.1 Å². The third-order valence-electron chi connectivity index (χ3n) is 4.53. The Labute approximate surface area is 153 Å². The van der Waals surface area contributed by atoms with Gasteiger partial charge in [-0.2, -0.15) is 4.98 Å². The molecule has 1 aromatic carbocycles. The molecule has 3 rings (SSSR count). The van der Waals surface area contributed by atoms with Crippen LogP contribution in [-0.4, -0.2) is 29.7 Å². The van der Waals surface area contributed by atoms with Crippen LogP contribution in [0.2, 0.25) is 0 Å². The summed E-state index contributed by atoms with van der Waals surface area (Å²) in [5.74, 6) is 2.13. The Morgan fingerprint density at radius 3 is 2.96 bits per heavy atom. The monoisotopic (exact) mass is 358 g/mol. The van der Waals surface area contributed by atoms with Gasteiger partial charge in [-0.25, -0.2) is 0 Å². The molecule has 2 aromatic rings. The SMILES string of the molecule is CCCCc1noc(C(C)Nc2ccc(OC)c(N3CCCC3=O)c2)n1. The molecule has 1 amide bonds. The summed E-state index contributed by atoms with van der Waals surface area (Å²) in [6, 6.07) is 5.60. The van der Waals surface area contributed by atoms with Crippen molar-refractivity contribution in [2.75, 3.05) is 23.9 Å². The van der Waals surface area contributed by atoms with Crippen molar-refractivity contribution in [3.8, 4) is 5.75 Å². The second kappa shape index (κ2) is 8.21. The fourth-order valence-electron chi connectivity index (χ4n) is 3.09. The zero-order valence-corrected chi connectivity index (χ0v) is 15.6. The van der Waals surface area contributed by atoms with Gasteiger partial charge in [-0.15, -0.1) is 0 Å². The summed E-state index contributed by atoms with van der Waals surface area (Å²) in [7, 11) is 1.62. The van der Waals surface area contributed by atoms with Gasteiger partial charge in [-0.1, -0.05) is 18.5 Å². The molecule has 7 heteroatoms. The topological polar surface area (TPSA) is 80.5 Å². The molecule has 1 N–H and O–H groups in total. The summed E-state index contributed by atoms with van der Waals surface area (Å²) >= 11 is 0. The molecule has 26 heavy (non-hydrogen) atoms. The molecule has 1 saturated heterocycles. The van der Waals surface area contributed by atoms with E-state index in [1.54, 1.807) is 12.0 Å². The third kappa shape index (κ3) is 3.98. The molecule has 0 aliphatic carbocycles. The summed E-state index contributed by atoms with van der Waals surface area (Å²) in [4.78, 5) is 18.3. The lowest BCUT2D eigenvalue weighted by Crippen LogP contribution is -2.24. The van der Waals surface area contributed by atoms with Gasteiger partial charge in [0.05, 0.1) is 12.8 Å². The number of rotatable bonds is 8. The van der Waals surface area contributed by atoms with Crippen LogP contribution in [-0.2, 0) is 11.2 Å². The average molecular weight is 358 g/mol. The van der Waals surface area contributed by atoms with E-state index in [2.05, 4.69) is 22.4 Å². The number of nitrogens with zero attached hydrogens (tertiary/aromatic N) is 3. The molecule has 1 atom stereocenters. The van der Waals surface area contributed by atoms with Crippen molar-refractivity contribution in [3.05, 3.63) is 29.9 Å². The van der Waals surface area contributed by atoms with Crippen LogP contribution in [0, 0.1) is 0 Å². The summed E-state index contributed by atoms with van der Waals surface area (Å²) in [5.41, 5.74) is 1.67. The molecule has 1 aliphatic heterocycles. The number of hydrogen-bond acceptors (Lipinski definition) is 6. The largest absolute Gasteiger partial charge is 0.495 e. The highest BCUT2D eigenvalue weighted by Crippen LogP contribution is 2.34. The Morgan fingerprint density at radius 2 is 2.27 bits per heavy atom. The Hall–Kier alpha value is -2.57. The molecule has 0 bridgehead atoms. The highest BCUT2D eigenvalue weighted by molar-refractivity contribution is 5.97. The van der Waals surface area contributed by atoms with E-state index in [4.69, 9.17) is 9.26 Å². The van der Waals surface area contributed by atoms with E-state index in [9.17, 15) is 4.79 Å². The first-order valence-electron chi connectivity index (χ1n) is 9.19. The standard InChI is InChI=1S/C19H26N4O3/c1-4-5-7-17-21-19(26-22-17)13(2)20-14-9-10-16(25-3)15(12-14)23-11-6-8-18(23)24/h9-10,12-13,20H,4-8,11H2,1-3H3. The minimum absolute atomic E-state index is 0.131. The Morgan fingerprint density at radius 1 is 1.42 bits per heavy atom. The van der Waals surface area contributed by atoms with Gasteiger partial charge in [-0.3, -0.25) is 4.79 Å². The van der Waals surface area contributed by atoms with Crippen LogP contribution in [0.5, 0.6) is 5.75 Å². The Kier molecular flexibility index (Phi) is 5.75. The van der Waals surface area contributed by atoms with Crippen LogP contribution in [0.25, 0.3) is 0 Å². The first-order chi connectivity index (χ1) is 12.6. The fraction of sp³-hybridized carbons (Fsp3) is 0.526. The Bertz CT molecular complexity index is 759. The van der Waals surface area contributed by atoms with Gasteiger partial charge in [0.1, 0.15) is 11.8 Å². The van der Waals surface area contributed by atoms with E-state index < -0.39 is 0 Å². The molecule has 1 aromatic heterocycles. The highest BCUT2D eigenvalue weighted by atomic mass is 16.5. The maximum atomic E-state index is 12.1. The van der Waals surface area contributed by atoms with E-state index in [-0.39, 0.29) is 11.9 Å². The van der Waals surface area contributed by atoms with Gasteiger partial charge in [-0.05, 0) is 38.0 Å². The number of aryl methyl sites for hydroxylation is 1. The van der Waals surface area contributed by atoms with Gasteiger partial charge in [0.15, 0.2) is 5.82 Å². The number of nitrogens with one attached hydrogen (secondary N) is 1. The van der Waals surface area contributed by atoms with Crippen LogP contribution >= 0.6 is 0 Å². The van der Waals surface area contributed by atoms with Crippen molar-refractivity contribution in [1.29, 1.82) is 0 Å². The van der Waals surface area contributed by atoms with Gasteiger partial charge < -0.3 is 19.5 Å².